The van der Waals surface area contributed by atoms with E-state index in [-0.39, 0.29) is 30.1 Å². The van der Waals surface area contributed by atoms with Crippen LogP contribution in [0.3, 0.4) is 0 Å². The minimum atomic E-state index is -1.77. The third kappa shape index (κ3) is 5.58. The van der Waals surface area contributed by atoms with Crippen LogP contribution in [0.1, 0.15) is 37.7 Å². The highest BCUT2D eigenvalue weighted by Gasteiger charge is 2.54. The highest BCUT2D eigenvalue weighted by Crippen LogP contribution is 2.45. The van der Waals surface area contributed by atoms with E-state index in [0.717, 1.165) is 5.56 Å². The minimum absolute atomic E-state index is 0.0126. The predicted molar refractivity (Wildman–Crippen MR) is 155 cm³/mol. The molecule has 1 aliphatic heterocycles. The van der Waals surface area contributed by atoms with Crippen LogP contribution < -0.4 is 10.2 Å². The fourth-order valence-corrected chi connectivity index (χ4v) is 5.35. The molecule has 0 unspecified atom stereocenters. The summed E-state index contributed by atoms with van der Waals surface area (Å²) in [4.78, 5) is 41.0. The number of hydrogen-bond acceptors (Lipinski definition) is 7. The lowest BCUT2D eigenvalue weighted by molar-refractivity contribution is -0.385. The van der Waals surface area contributed by atoms with E-state index in [1.165, 1.54) is 0 Å². The second kappa shape index (κ2) is 10.8. The van der Waals surface area contributed by atoms with Crippen molar-refractivity contribution in [2.75, 3.05) is 4.90 Å². The van der Waals surface area contributed by atoms with Gasteiger partial charge >= 0.3 is 11.8 Å². The van der Waals surface area contributed by atoms with Crippen molar-refractivity contribution in [3.05, 3.63) is 110 Å². The molecule has 210 valence electrons. The zero-order chi connectivity index (χ0) is 29.4. The van der Waals surface area contributed by atoms with E-state index in [1.807, 2.05) is 30.3 Å². The lowest BCUT2D eigenvalue weighted by Gasteiger charge is -2.30. The van der Waals surface area contributed by atoms with Crippen LogP contribution in [-0.2, 0) is 28.0 Å². The molecule has 0 aliphatic carbocycles. The molecular formula is C30H27BrN4O6. The number of halogens is 1. The summed E-state index contributed by atoms with van der Waals surface area (Å²) in [5, 5.41) is 19.2. The first-order valence-corrected chi connectivity index (χ1v) is 13.6. The number of nitro groups is 1. The van der Waals surface area contributed by atoms with Crippen LogP contribution in [0, 0.1) is 10.1 Å². The van der Waals surface area contributed by atoms with Crippen LogP contribution >= 0.6 is 15.9 Å². The number of nitrogens with one attached hydrogen (secondary N) is 1. The molecule has 3 aromatic carbocycles. The molecule has 0 saturated carbocycles. The Kier molecular flexibility index (Phi) is 7.39. The molecule has 2 amide bonds. The van der Waals surface area contributed by atoms with Crippen molar-refractivity contribution >= 4 is 39.3 Å². The molecule has 1 aromatic heterocycles. The lowest BCUT2D eigenvalue weighted by atomic mass is 9.86. The molecule has 2 heterocycles. The number of carbonyl (C=O) groups is 2. The van der Waals surface area contributed by atoms with Gasteiger partial charge in [-0.15, -0.1) is 0 Å². The van der Waals surface area contributed by atoms with Crippen molar-refractivity contribution in [1.29, 1.82) is 0 Å². The van der Waals surface area contributed by atoms with Crippen LogP contribution in [-0.4, -0.2) is 27.7 Å². The number of hydrogen-bond donors (Lipinski definition) is 1. The molecule has 1 atom stereocenters. The van der Waals surface area contributed by atoms with E-state index in [9.17, 15) is 19.7 Å². The molecule has 1 aliphatic rings. The Morgan fingerprint density at radius 3 is 2.49 bits per heavy atom. The summed E-state index contributed by atoms with van der Waals surface area (Å²) in [5.41, 5.74) is -0.660. The van der Waals surface area contributed by atoms with E-state index >= 15 is 0 Å². The van der Waals surface area contributed by atoms with E-state index in [4.69, 9.17) is 9.26 Å². The summed E-state index contributed by atoms with van der Waals surface area (Å²) in [6.07, 6.45) is -1.22. The zero-order valence-electron chi connectivity index (χ0n) is 22.6. The van der Waals surface area contributed by atoms with Crippen molar-refractivity contribution in [2.45, 2.75) is 44.9 Å². The maximum atomic E-state index is 14.4. The fourth-order valence-electron chi connectivity index (χ4n) is 4.95. The first kappa shape index (κ1) is 28.0. The number of rotatable bonds is 7. The first-order chi connectivity index (χ1) is 19.5. The normalized spacial score (nSPS) is 16.4. The third-order valence-corrected chi connectivity index (χ3v) is 7.10. The van der Waals surface area contributed by atoms with Gasteiger partial charge in [-0.05, 0) is 44.5 Å². The maximum Gasteiger partial charge on any atom is 0.408 e. The van der Waals surface area contributed by atoms with Gasteiger partial charge in [-0.3, -0.25) is 14.9 Å². The van der Waals surface area contributed by atoms with Gasteiger partial charge in [0.05, 0.1) is 23.6 Å². The number of nitrogens with zero attached hydrogens (tertiary/aromatic N) is 3. The summed E-state index contributed by atoms with van der Waals surface area (Å²) < 4.78 is 11.8. The molecular weight excluding hydrogens is 592 g/mol. The van der Waals surface area contributed by atoms with Gasteiger partial charge in [-0.2, -0.15) is 0 Å². The number of amides is 2. The summed E-state index contributed by atoms with van der Waals surface area (Å²) in [6, 6.07) is 23.3. The Bertz CT molecular complexity index is 1630. The molecule has 0 saturated heterocycles. The van der Waals surface area contributed by atoms with Crippen molar-refractivity contribution in [3.63, 3.8) is 0 Å². The maximum absolute atomic E-state index is 14.4. The highest BCUT2D eigenvalue weighted by molar-refractivity contribution is 9.10. The molecule has 10 nitrogen and oxygen atoms in total. The van der Waals surface area contributed by atoms with E-state index in [1.54, 1.807) is 74.2 Å². The molecule has 11 heteroatoms. The third-order valence-electron chi connectivity index (χ3n) is 6.60. The molecule has 41 heavy (non-hydrogen) atoms. The fraction of sp³-hybridized carbons (Fsp3) is 0.233. The number of anilines is 1. The van der Waals surface area contributed by atoms with Crippen LogP contribution in [0.2, 0.25) is 0 Å². The second-order valence-corrected chi connectivity index (χ2v) is 11.6. The number of carbonyl (C=O) groups excluding carboxylic acids is 2. The van der Waals surface area contributed by atoms with Gasteiger partial charge < -0.3 is 19.5 Å². The van der Waals surface area contributed by atoms with E-state index in [2.05, 4.69) is 26.4 Å². The quantitative estimate of drug-likeness (QED) is 0.184. The van der Waals surface area contributed by atoms with E-state index in [0.29, 0.717) is 21.3 Å². The lowest BCUT2D eigenvalue weighted by Crippen LogP contribution is -2.55. The minimum Gasteiger partial charge on any atom is -0.444 e. The van der Waals surface area contributed by atoms with Gasteiger partial charge in [-0.1, -0.05) is 81.8 Å². The van der Waals surface area contributed by atoms with Crippen molar-refractivity contribution in [1.82, 2.24) is 10.5 Å². The summed E-state index contributed by atoms with van der Waals surface area (Å²) in [7, 11) is 0. The van der Waals surface area contributed by atoms with Gasteiger partial charge in [0.1, 0.15) is 5.60 Å². The molecule has 4 aromatic rings. The Morgan fingerprint density at radius 1 is 1.10 bits per heavy atom. The Hall–Kier alpha value is -4.51. The second-order valence-electron chi connectivity index (χ2n) is 10.7. The van der Waals surface area contributed by atoms with Crippen LogP contribution in [0.4, 0.5) is 16.2 Å². The molecule has 0 bridgehead atoms. The first-order valence-electron chi connectivity index (χ1n) is 12.8. The van der Waals surface area contributed by atoms with Crippen molar-refractivity contribution < 1.29 is 23.8 Å². The monoisotopic (exact) mass is 618 g/mol. The summed E-state index contributed by atoms with van der Waals surface area (Å²) in [5.74, 6) is -0.645. The molecule has 5 rings (SSSR count). The number of aromatic nitrogens is 1. The van der Waals surface area contributed by atoms with E-state index < -0.39 is 28.1 Å². The number of alkyl carbamates (subject to hydrolysis) is 1. The largest absolute Gasteiger partial charge is 0.444 e. The van der Waals surface area contributed by atoms with Crippen LogP contribution in [0.5, 0.6) is 0 Å². The van der Waals surface area contributed by atoms with Gasteiger partial charge in [-0.25, -0.2) is 4.79 Å². The van der Waals surface area contributed by atoms with Gasteiger partial charge in [0.2, 0.25) is 5.76 Å². The average molecular weight is 619 g/mol. The Labute approximate surface area is 244 Å². The molecule has 1 N–H and O–H groups in total. The number of para-hydroxylation sites is 1. The van der Waals surface area contributed by atoms with Gasteiger partial charge in [0, 0.05) is 15.6 Å². The molecule has 0 radical (unpaired) electrons. The molecule has 0 fully saturated rings. The standard InChI is InChI=1S/C30H27BrN4O6/c1-29(2,3)40-28(37)32-30(17-24-26(35(38)39)25(33-41-24)20-12-9-13-21(31)16-20)22-14-7-8-15-23(22)34(27(30)36)18-19-10-5-4-6-11-19/h4-16H,17-18H2,1-3H3,(H,32,37)/t30-/m1/s1. The average Bonchev–Trinajstić information content (AvgIpc) is 3.42. The highest BCUT2D eigenvalue weighted by atomic mass is 79.9. The van der Waals surface area contributed by atoms with Crippen LogP contribution in [0.25, 0.3) is 11.3 Å². The molecule has 0 spiro atoms. The predicted octanol–water partition coefficient (Wildman–Crippen LogP) is 6.52. The number of fused-ring (bicyclic) bond motifs is 1. The number of benzene rings is 3. The SMILES string of the molecule is CC(C)(C)OC(=O)N[C@@]1(Cc2onc(-c3cccc(Br)c3)c2[N+](=O)[O-])C(=O)N(Cc2ccccc2)c2ccccc21. The summed E-state index contributed by atoms with van der Waals surface area (Å²) in [6.45, 7) is 5.33. The van der Waals surface area contributed by atoms with Crippen LogP contribution in [0.15, 0.2) is 87.9 Å². The topological polar surface area (TPSA) is 128 Å². The van der Waals surface area contributed by atoms with Gasteiger partial charge in [0.15, 0.2) is 11.2 Å². The Balaban J connectivity index is 1.64. The summed E-state index contributed by atoms with van der Waals surface area (Å²) >= 11 is 3.38. The van der Waals surface area contributed by atoms with Gasteiger partial charge in [0.25, 0.3) is 5.91 Å². The van der Waals surface area contributed by atoms with Crippen molar-refractivity contribution in [3.8, 4) is 11.3 Å². The smallest absolute Gasteiger partial charge is 0.408 e. The zero-order valence-corrected chi connectivity index (χ0v) is 24.2. The Morgan fingerprint density at radius 2 is 1.80 bits per heavy atom. The number of ether oxygens (including phenoxy) is 1. The van der Waals surface area contributed by atoms with Crippen molar-refractivity contribution in [2.24, 2.45) is 0 Å².